The van der Waals surface area contributed by atoms with E-state index < -0.39 is 13.0 Å². The first-order valence-electron chi connectivity index (χ1n) is 4.93. The molecule has 0 saturated heterocycles. The van der Waals surface area contributed by atoms with Gasteiger partial charge < -0.3 is 4.74 Å². The summed E-state index contributed by atoms with van der Waals surface area (Å²) in [5, 5.41) is 0. The Kier molecular flexibility index (Phi) is 7.93. The smallest absolute Gasteiger partial charge is 0.261 e. The van der Waals surface area contributed by atoms with Crippen molar-refractivity contribution in [3.8, 4) is 0 Å². The first kappa shape index (κ1) is 13.7. The Morgan fingerprint density at radius 2 is 2.07 bits per heavy atom. The predicted molar refractivity (Wildman–Crippen MR) is 52.0 cm³/mol. The van der Waals surface area contributed by atoms with Crippen LogP contribution in [0.25, 0.3) is 0 Å². The zero-order chi connectivity index (χ0) is 11.0. The molecule has 0 aromatic heterocycles. The Morgan fingerprint density at radius 3 is 2.50 bits per heavy atom. The van der Waals surface area contributed by atoms with Crippen LogP contribution in [0.2, 0.25) is 0 Å². The van der Waals surface area contributed by atoms with Crippen molar-refractivity contribution < 1.29 is 13.5 Å². The van der Waals surface area contributed by atoms with E-state index in [0.29, 0.717) is 18.9 Å². The first-order valence-corrected chi connectivity index (χ1v) is 4.93. The molecule has 0 aliphatic rings. The molecule has 0 saturated carbocycles. The molecule has 3 nitrogen and oxygen atoms in total. The highest BCUT2D eigenvalue weighted by Crippen LogP contribution is 2.10. The maximum atomic E-state index is 11.7. The van der Waals surface area contributed by atoms with Crippen LogP contribution in [0, 0.1) is 5.92 Å². The van der Waals surface area contributed by atoms with E-state index in [0.717, 1.165) is 6.42 Å². The van der Waals surface area contributed by atoms with Gasteiger partial charge in [0.2, 0.25) is 0 Å². The third-order valence-corrected chi connectivity index (χ3v) is 2.36. The fourth-order valence-electron chi connectivity index (χ4n) is 1.20. The molecule has 0 rings (SSSR count). The maximum absolute atomic E-state index is 11.7. The lowest BCUT2D eigenvalue weighted by atomic mass is 9.97. The number of hydrogen-bond donors (Lipinski definition) is 2. The van der Waals surface area contributed by atoms with Gasteiger partial charge in [0.05, 0.1) is 0 Å². The number of halogens is 2. The van der Waals surface area contributed by atoms with E-state index in [2.05, 4.69) is 19.3 Å². The third kappa shape index (κ3) is 6.23. The predicted octanol–water partition coefficient (Wildman–Crippen LogP) is 1.54. The molecule has 86 valence electrons. The highest BCUT2D eigenvalue weighted by atomic mass is 19.3. The highest BCUT2D eigenvalue weighted by molar-refractivity contribution is 4.69. The molecule has 0 spiro atoms. The molecule has 0 fully saturated rings. The topological polar surface area (TPSA) is 47.3 Å². The second kappa shape index (κ2) is 8.08. The van der Waals surface area contributed by atoms with Crippen molar-refractivity contribution in [3.63, 3.8) is 0 Å². The Morgan fingerprint density at radius 1 is 1.43 bits per heavy atom. The van der Waals surface area contributed by atoms with Crippen LogP contribution in [-0.4, -0.2) is 25.7 Å². The molecule has 0 aromatic rings. The molecule has 0 aliphatic carbocycles. The van der Waals surface area contributed by atoms with E-state index in [-0.39, 0.29) is 6.04 Å². The van der Waals surface area contributed by atoms with E-state index >= 15 is 0 Å². The van der Waals surface area contributed by atoms with E-state index in [9.17, 15) is 8.78 Å². The molecule has 0 amide bonds. The van der Waals surface area contributed by atoms with Gasteiger partial charge in [-0.3, -0.25) is 11.3 Å². The van der Waals surface area contributed by atoms with Gasteiger partial charge in [-0.2, -0.15) is 0 Å². The van der Waals surface area contributed by atoms with Crippen molar-refractivity contribution in [2.75, 3.05) is 13.2 Å². The van der Waals surface area contributed by atoms with Gasteiger partial charge in [0.25, 0.3) is 6.43 Å². The van der Waals surface area contributed by atoms with Gasteiger partial charge in [0.15, 0.2) is 0 Å². The summed E-state index contributed by atoms with van der Waals surface area (Å²) in [7, 11) is 0. The maximum Gasteiger partial charge on any atom is 0.261 e. The summed E-state index contributed by atoms with van der Waals surface area (Å²) in [6.45, 7) is 3.97. The van der Waals surface area contributed by atoms with Crippen molar-refractivity contribution in [2.24, 2.45) is 11.8 Å². The van der Waals surface area contributed by atoms with Crippen LogP contribution in [0.4, 0.5) is 8.78 Å². The average Bonchev–Trinajstić information content (AvgIpc) is 2.16. The molecular formula is C9H20F2N2O. The molecule has 5 heteroatoms. The summed E-state index contributed by atoms with van der Waals surface area (Å²) in [6.07, 6.45) is -0.718. The Hall–Kier alpha value is -0.260. The monoisotopic (exact) mass is 210 g/mol. The van der Waals surface area contributed by atoms with Crippen molar-refractivity contribution in [3.05, 3.63) is 0 Å². The van der Waals surface area contributed by atoms with Gasteiger partial charge in [0, 0.05) is 12.6 Å². The third-order valence-electron chi connectivity index (χ3n) is 2.36. The fraction of sp³-hybridized carbons (Fsp3) is 1.00. The molecule has 3 N–H and O–H groups in total. The Balaban J connectivity index is 3.52. The summed E-state index contributed by atoms with van der Waals surface area (Å²) in [5.41, 5.74) is 2.67. The van der Waals surface area contributed by atoms with Crippen molar-refractivity contribution >= 4 is 0 Å². The molecule has 0 bridgehead atoms. The lowest BCUT2D eigenvalue weighted by molar-refractivity contribution is 0.0129. The fourth-order valence-corrected chi connectivity index (χ4v) is 1.20. The van der Waals surface area contributed by atoms with Gasteiger partial charge in [-0.1, -0.05) is 20.3 Å². The van der Waals surface area contributed by atoms with E-state index in [4.69, 9.17) is 10.6 Å². The van der Waals surface area contributed by atoms with Crippen LogP contribution in [0.5, 0.6) is 0 Å². The molecule has 0 heterocycles. The number of hydrogen-bond acceptors (Lipinski definition) is 3. The number of nitrogens with one attached hydrogen (secondary N) is 1. The van der Waals surface area contributed by atoms with E-state index in [1.54, 1.807) is 0 Å². The molecule has 2 atom stereocenters. The van der Waals surface area contributed by atoms with Gasteiger partial charge >= 0.3 is 0 Å². The molecule has 14 heavy (non-hydrogen) atoms. The number of rotatable bonds is 8. The largest absolute Gasteiger partial charge is 0.375 e. The SMILES string of the molecule is CCC(C)C(CCOCC(F)F)NN. The summed E-state index contributed by atoms with van der Waals surface area (Å²) >= 11 is 0. The van der Waals surface area contributed by atoms with Crippen molar-refractivity contribution in [2.45, 2.75) is 39.2 Å². The quantitative estimate of drug-likeness (QED) is 0.363. The number of ether oxygens (including phenoxy) is 1. The normalized spacial score (nSPS) is 15.9. The molecule has 0 aliphatic heterocycles. The van der Waals surface area contributed by atoms with Crippen molar-refractivity contribution in [1.82, 2.24) is 5.43 Å². The minimum Gasteiger partial charge on any atom is -0.375 e. The standard InChI is InChI=1S/C9H20F2N2O/c1-3-7(2)8(13-12)4-5-14-6-9(10)11/h7-9,13H,3-6,12H2,1-2H3. The minimum absolute atomic E-state index is 0.137. The van der Waals surface area contributed by atoms with E-state index in [1.165, 1.54) is 0 Å². The second-order valence-corrected chi connectivity index (χ2v) is 3.41. The van der Waals surface area contributed by atoms with Crippen LogP contribution in [0.1, 0.15) is 26.7 Å². The van der Waals surface area contributed by atoms with Crippen LogP contribution in [-0.2, 0) is 4.74 Å². The minimum atomic E-state index is -2.39. The van der Waals surface area contributed by atoms with Gasteiger partial charge in [-0.25, -0.2) is 8.78 Å². The zero-order valence-electron chi connectivity index (χ0n) is 8.80. The number of hydrazine groups is 1. The van der Waals surface area contributed by atoms with Crippen LogP contribution in [0.15, 0.2) is 0 Å². The zero-order valence-corrected chi connectivity index (χ0v) is 8.80. The van der Waals surface area contributed by atoms with Crippen molar-refractivity contribution in [1.29, 1.82) is 0 Å². The summed E-state index contributed by atoms with van der Waals surface area (Å²) < 4.78 is 28.2. The summed E-state index contributed by atoms with van der Waals surface area (Å²) in [5.74, 6) is 5.76. The van der Waals surface area contributed by atoms with E-state index in [1.807, 2.05) is 0 Å². The van der Waals surface area contributed by atoms with Crippen LogP contribution in [0.3, 0.4) is 0 Å². The highest BCUT2D eigenvalue weighted by Gasteiger charge is 2.13. The molecule has 2 unspecified atom stereocenters. The lowest BCUT2D eigenvalue weighted by Crippen LogP contribution is -2.40. The summed E-state index contributed by atoms with van der Waals surface area (Å²) in [6, 6.07) is 0.137. The van der Waals surface area contributed by atoms with Crippen LogP contribution >= 0.6 is 0 Å². The lowest BCUT2D eigenvalue weighted by Gasteiger charge is -2.21. The molecule has 0 radical (unpaired) electrons. The van der Waals surface area contributed by atoms with Gasteiger partial charge in [-0.15, -0.1) is 0 Å². The van der Waals surface area contributed by atoms with Crippen LogP contribution < -0.4 is 11.3 Å². The average molecular weight is 210 g/mol. The number of alkyl halides is 2. The first-order chi connectivity index (χ1) is 6.61. The van der Waals surface area contributed by atoms with Gasteiger partial charge in [-0.05, 0) is 12.3 Å². The molecule has 0 aromatic carbocycles. The second-order valence-electron chi connectivity index (χ2n) is 3.41. The molecular weight excluding hydrogens is 190 g/mol. The summed E-state index contributed by atoms with van der Waals surface area (Å²) in [4.78, 5) is 0. The Labute approximate surface area is 84.0 Å². The van der Waals surface area contributed by atoms with Gasteiger partial charge in [0.1, 0.15) is 6.61 Å². The Bertz CT molecular complexity index is 136. The number of nitrogens with two attached hydrogens (primary N) is 1.